The van der Waals surface area contributed by atoms with Gasteiger partial charge in [-0.2, -0.15) is 0 Å². The molecule has 3 nitrogen and oxygen atoms in total. The van der Waals surface area contributed by atoms with Crippen LogP contribution in [0.25, 0.3) is 0 Å². The molecule has 2 saturated heterocycles. The van der Waals surface area contributed by atoms with Crippen molar-refractivity contribution in [3.05, 3.63) is 35.4 Å². The molecule has 3 heteroatoms. The van der Waals surface area contributed by atoms with E-state index in [0.29, 0.717) is 6.04 Å². The van der Waals surface area contributed by atoms with Crippen LogP contribution in [0, 0.1) is 5.92 Å². The first-order valence-corrected chi connectivity index (χ1v) is 10.4. The molecule has 138 valence electrons. The Morgan fingerprint density at radius 2 is 1.76 bits per heavy atom. The van der Waals surface area contributed by atoms with Gasteiger partial charge in [0, 0.05) is 26.2 Å². The number of hydrogen-bond acceptors (Lipinski definition) is 3. The molecule has 1 aromatic carbocycles. The maximum atomic E-state index is 5.39. The van der Waals surface area contributed by atoms with Crippen LogP contribution in [0.15, 0.2) is 24.3 Å². The number of ether oxygens (including phenoxy) is 1. The predicted molar refractivity (Wildman–Crippen MR) is 103 cm³/mol. The second kappa shape index (κ2) is 8.20. The Hall–Kier alpha value is -0.900. The van der Waals surface area contributed by atoms with Crippen LogP contribution in [0.5, 0.6) is 0 Å². The van der Waals surface area contributed by atoms with Crippen LogP contribution in [0.2, 0.25) is 0 Å². The zero-order chi connectivity index (χ0) is 17.1. The van der Waals surface area contributed by atoms with E-state index in [4.69, 9.17) is 4.74 Å². The lowest BCUT2D eigenvalue weighted by atomic mass is 9.71. The molecule has 4 rings (SSSR count). The second-order valence-corrected chi connectivity index (χ2v) is 8.51. The fourth-order valence-electron chi connectivity index (χ4n) is 5.10. The van der Waals surface area contributed by atoms with E-state index in [-0.39, 0.29) is 0 Å². The number of benzene rings is 1. The van der Waals surface area contributed by atoms with Crippen LogP contribution < -0.4 is 0 Å². The first-order valence-electron chi connectivity index (χ1n) is 10.4. The molecule has 0 radical (unpaired) electrons. The van der Waals surface area contributed by atoms with Crippen LogP contribution in [0.1, 0.15) is 55.6 Å². The molecule has 25 heavy (non-hydrogen) atoms. The molecular formula is C22H34N2O. The average molecular weight is 343 g/mol. The quantitative estimate of drug-likeness (QED) is 0.748. The van der Waals surface area contributed by atoms with E-state index in [0.717, 1.165) is 25.0 Å². The highest BCUT2D eigenvalue weighted by Crippen LogP contribution is 2.42. The summed E-state index contributed by atoms with van der Waals surface area (Å²) in [5.41, 5.74) is 3.05. The van der Waals surface area contributed by atoms with E-state index in [2.05, 4.69) is 34.1 Å². The minimum Gasteiger partial charge on any atom is -0.383 e. The van der Waals surface area contributed by atoms with Gasteiger partial charge in [0.1, 0.15) is 0 Å². The van der Waals surface area contributed by atoms with E-state index in [1.165, 1.54) is 70.3 Å². The number of hydrogen-bond donors (Lipinski definition) is 0. The van der Waals surface area contributed by atoms with Crippen LogP contribution in [-0.2, 0) is 11.3 Å². The molecule has 0 bridgehead atoms. The Morgan fingerprint density at radius 1 is 1.00 bits per heavy atom. The van der Waals surface area contributed by atoms with Gasteiger partial charge in [0.05, 0.1) is 6.61 Å². The summed E-state index contributed by atoms with van der Waals surface area (Å²) in [7, 11) is 1.84. The van der Waals surface area contributed by atoms with Crippen molar-refractivity contribution in [2.75, 3.05) is 39.9 Å². The lowest BCUT2D eigenvalue weighted by molar-refractivity contribution is 0.0879. The highest BCUT2D eigenvalue weighted by Gasteiger charge is 2.34. The van der Waals surface area contributed by atoms with Crippen molar-refractivity contribution in [2.45, 2.75) is 57.0 Å². The van der Waals surface area contributed by atoms with Crippen molar-refractivity contribution in [3.63, 3.8) is 0 Å². The van der Waals surface area contributed by atoms with Crippen molar-refractivity contribution < 1.29 is 4.74 Å². The summed E-state index contributed by atoms with van der Waals surface area (Å²) in [5.74, 6) is 1.70. The Morgan fingerprint density at radius 3 is 2.48 bits per heavy atom. The molecule has 1 atom stereocenters. The molecule has 1 aromatic rings. The molecule has 0 N–H and O–H groups in total. The Labute approximate surface area is 153 Å². The summed E-state index contributed by atoms with van der Waals surface area (Å²) in [6, 6.07) is 10.2. The zero-order valence-corrected chi connectivity index (χ0v) is 15.8. The molecule has 0 aromatic heterocycles. The van der Waals surface area contributed by atoms with Gasteiger partial charge in [-0.3, -0.25) is 9.80 Å². The summed E-state index contributed by atoms with van der Waals surface area (Å²) < 4.78 is 5.39. The largest absolute Gasteiger partial charge is 0.383 e. The van der Waals surface area contributed by atoms with Gasteiger partial charge in [-0.15, -0.1) is 0 Å². The van der Waals surface area contributed by atoms with Gasteiger partial charge in [0.2, 0.25) is 0 Å². The van der Waals surface area contributed by atoms with Gasteiger partial charge in [-0.1, -0.05) is 24.3 Å². The standard InChI is InChI=1S/C22H34N2O/c1-25-17-22-5-4-12-24(22)16-19-13-21(14-19)20-8-6-18(7-9-20)15-23-10-2-3-11-23/h6-9,19,21-22H,2-5,10-17H2,1H3/t19-,21-,22-/m0/s1. The lowest BCUT2D eigenvalue weighted by Gasteiger charge is -2.39. The van der Waals surface area contributed by atoms with Crippen molar-refractivity contribution >= 4 is 0 Å². The Kier molecular flexibility index (Phi) is 5.74. The SMILES string of the molecule is COC[C@@H]1CCCN1C[C@H]1C[C@H](c2ccc(CN3CCCC3)cc2)C1. The van der Waals surface area contributed by atoms with E-state index in [1.54, 1.807) is 5.56 Å². The minimum atomic E-state index is 0.675. The summed E-state index contributed by atoms with van der Waals surface area (Å²) >= 11 is 0. The summed E-state index contributed by atoms with van der Waals surface area (Å²) in [6.07, 6.45) is 8.18. The third-order valence-electron chi connectivity index (χ3n) is 6.64. The molecule has 0 unspecified atom stereocenters. The number of rotatable bonds is 7. The molecule has 3 aliphatic rings. The van der Waals surface area contributed by atoms with Crippen molar-refractivity contribution in [1.29, 1.82) is 0 Å². The maximum absolute atomic E-state index is 5.39. The number of nitrogens with zero attached hydrogens (tertiary/aromatic N) is 2. The number of methoxy groups -OCH3 is 1. The lowest BCUT2D eigenvalue weighted by Crippen LogP contribution is -2.40. The van der Waals surface area contributed by atoms with Crippen LogP contribution >= 0.6 is 0 Å². The van der Waals surface area contributed by atoms with Gasteiger partial charge < -0.3 is 4.74 Å². The highest BCUT2D eigenvalue weighted by molar-refractivity contribution is 5.27. The second-order valence-electron chi connectivity index (χ2n) is 8.51. The summed E-state index contributed by atoms with van der Waals surface area (Å²) in [6.45, 7) is 7.19. The Balaban J connectivity index is 1.23. The first-order chi connectivity index (χ1) is 12.3. The van der Waals surface area contributed by atoms with Crippen LogP contribution in [0.4, 0.5) is 0 Å². The van der Waals surface area contributed by atoms with Crippen molar-refractivity contribution in [1.82, 2.24) is 9.80 Å². The topological polar surface area (TPSA) is 15.7 Å². The normalized spacial score (nSPS) is 30.7. The monoisotopic (exact) mass is 342 g/mol. The van der Waals surface area contributed by atoms with Crippen molar-refractivity contribution in [3.8, 4) is 0 Å². The first kappa shape index (κ1) is 17.5. The smallest absolute Gasteiger partial charge is 0.0618 e. The third kappa shape index (κ3) is 4.27. The fraction of sp³-hybridized carbons (Fsp3) is 0.727. The van der Waals surface area contributed by atoms with Gasteiger partial charge in [-0.05, 0) is 81.1 Å². The number of likely N-dealkylation sites (tertiary alicyclic amines) is 2. The van der Waals surface area contributed by atoms with Gasteiger partial charge in [0.25, 0.3) is 0 Å². The van der Waals surface area contributed by atoms with Gasteiger partial charge in [0.15, 0.2) is 0 Å². The molecule has 2 aliphatic heterocycles. The summed E-state index contributed by atoms with van der Waals surface area (Å²) in [5, 5.41) is 0. The minimum absolute atomic E-state index is 0.675. The Bertz CT molecular complexity index is 531. The van der Waals surface area contributed by atoms with Gasteiger partial charge >= 0.3 is 0 Å². The van der Waals surface area contributed by atoms with Gasteiger partial charge in [-0.25, -0.2) is 0 Å². The van der Waals surface area contributed by atoms with E-state index in [1.807, 2.05) is 7.11 Å². The summed E-state index contributed by atoms with van der Waals surface area (Å²) in [4.78, 5) is 5.27. The molecule has 1 aliphatic carbocycles. The molecule has 0 spiro atoms. The molecule has 3 fully saturated rings. The zero-order valence-electron chi connectivity index (χ0n) is 15.8. The maximum Gasteiger partial charge on any atom is 0.0618 e. The molecule has 0 amide bonds. The van der Waals surface area contributed by atoms with Crippen LogP contribution in [-0.4, -0.2) is 55.7 Å². The molecular weight excluding hydrogens is 308 g/mol. The molecule has 1 saturated carbocycles. The van der Waals surface area contributed by atoms with E-state index in [9.17, 15) is 0 Å². The van der Waals surface area contributed by atoms with E-state index >= 15 is 0 Å². The highest BCUT2D eigenvalue weighted by atomic mass is 16.5. The van der Waals surface area contributed by atoms with Crippen LogP contribution in [0.3, 0.4) is 0 Å². The third-order valence-corrected chi connectivity index (χ3v) is 6.64. The molecule has 2 heterocycles. The predicted octanol–water partition coefficient (Wildman–Crippen LogP) is 3.89. The van der Waals surface area contributed by atoms with Crippen molar-refractivity contribution in [2.24, 2.45) is 5.92 Å². The average Bonchev–Trinajstić information content (AvgIpc) is 3.24. The fourth-order valence-corrected chi connectivity index (χ4v) is 5.10. The van der Waals surface area contributed by atoms with E-state index < -0.39 is 0 Å².